The highest BCUT2D eigenvalue weighted by atomic mass is 19.3. The van der Waals surface area contributed by atoms with Crippen molar-refractivity contribution in [1.82, 2.24) is 25.1 Å². The Hall–Kier alpha value is -4.71. The highest BCUT2D eigenvalue weighted by molar-refractivity contribution is 6.03. The van der Waals surface area contributed by atoms with Gasteiger partial charge in [0, 0.05) is 65.6 Å². The van der Waals surface area contributed by atoms with E-state index >= 15 is 0 Å². The molecule has 0 unspecified atom stereocenters. The number of aliphatic hydroxyl groups is 1. The molecule has 1 aliphatic rings. The Morgan fingerprint density at radius 2 is 1.81 bits per heavy atom. The molecule has 0 radical (unpaired) electrons. The number of hydrogen-bond donors (Lipinski definition) is 3. The minimum absolute atomic E-state index is 0.104. The van der Waals surface area contributed by atoms with Gasteiger partial charge in [-0.25, -0.2) is 18.7 Å². The number of alkyl halides is 2. The molecular formula is C31H31F2N7O3. The molecule has 1 aliphatic heterocycles. The van der Waals surface area contributed by atoms with E-state index in [1.165, 1.54) is 0 Å². The standard InChI is InChI=1S/C31H31F2N7O3/c1-30(2,3)29-38-27(39-43-29)28(42)35-23-6-4-5-20(22(23)17-41)21-11-14-34-26-24(21)36-25(37-26)18-7-9-19(10-8-18)40-15-12-31(32,33)13-16-40/h4-11,14,41H,12-13,15-17H2,1-3H3,(H,35,42)(H,34,36,37). The van der Waals surface area contributed by atoms with Crippen molar-refractivity contribution in [3.8, 4) is 22.5 Å². The zero-order chi connectivity index (χ0) is 30.4. The number of rotatable bonds is 6. The number of aromatic amines is 1. The zero-order valence-corrected chi connectivity index (χ0v) is 24.0. The molecule has 1 fully saturated rings. The SMILES string of the molecule is CC(C)(C)c1nc(C(=O)Nc2cccc(-c3ccnc4nc(-c5ccc(N6CCC(F)(F)CC6)cc5)[nH]c34)c2CO)no1. The van der Waals surface area contributed by atoms with Crippen LogP contribution in [0.2, 0.25) is 0 Å². The van der Waals surface area contributed by atoms with Gasteiger partial charge >= 0.3 is 0 Å². The Morgan fingerprint density at radius 1 is 1.07 bits per heavy atom. The van der Waals surface area contributed by atoms with E-state index in [0.717, 1.165) is 16.8 Å². The van der Waals surface area contributed by atoms with E-state index in [1.54, 1.807) is 18.3 Å². The van der Waals surface area contributed by atoms with Crippen molar-refractivity contribution in [3.05, 3.63) is 72.0 Å². The summed E-state index contributed by atoms with van der Waals surface area (Å²) in [7, 11) is 0. The van der Waals surface area contributed by atoms with Crippen LogP contribution in [0, 0.1) is 0 Å². The maximum absolute atomic E-state index is 13.6. The average Bonchev–Trinajstić information content (AvgIpc) is 3.66. The Morgan fingerprint density at radius 3 is 2.49 bits per heavy atom. The molecule has 1 saturated heterocycles. The number of H-pyrrole nitrogens is 1. The molecular weight excluding hydrogens is 556 g/mol. The molecule has 0 saturated carbocycles. The first-order valence-electron chi connectivity index (χ1n) is 14.0. The maximum Gasteiger partial charge on any atom is 0.297 e. The second kappa shape index (κ2) is 10.8. The van der Waals surface area contributed by atoms with Gasteiger partial charge < -0.3 is 24.8 Å². The summed E-state index contributed by atoms with van der Waals surface area (Å²) in [5.41, 5.74) is 4.75. The van der Waals surface area contributed by atoms with Crippen LogP contribution < -0.4 is 10.2 Å². The zero-order valence-electron chi connectivity index (χ0n) is 24.0. The van der Waals surface area contributed by atoms with Gasteiger partial charge in [-0.15, -0.1) is 0 Å². The van der Waals surface area contributed by atoms with Crippen LogP contribution in [0.4, 0.5) is 20.2 Å². The number of nitrogens with one attached hydrogen (secondary N) is 2. The number of nitrogens with zero attached hydrogens (tertiary/aromatic N) is 5. The highest BCUT2D eigenvalue weighted by Gasteiger charge is 2.34. The van der Waals surface area contributed by atoms with Crippen LogP contribution >= 0.6 is 0 Å². The number of anilines is 2. The van der Waals surface area contributed by atoms with Crippen LogP contribution in [-0.4, -0.2) is 55.1 Å². The van der Waals surface area contributed by atoms with Gasteiger partial charge in [0.05, 0.1) is 12.1 Å². The van der Waals surface area contributed by atoms with E-state index in [9.17, 15) is 18.7 Å². The van der Waals surface area contributed by atoms with E-state index in [4.69, 9.17) is 4.52 Å². The minimum atomic E-state index is -2.60. The number of piperidine rings is 1. The number of aromatic nitrogens is 5. The van der Waals surface area contributed by atoms with Crippen LogP contribution in [0.25, 0.3) is 33.7 Å². The normalized spacial score (nSPS) is 15.2. The molecule has 12 heteroatoms. The van der Waals surface area contributed by atoms with Crippen molar-refractivity contribution < 1.29 is 23.2 Å². The third kappa shape index (κ3) is 5.70. The molecule has 3 aromatic heterocycles. The van der Waals surface area contributed by atoms with E-state index < -0.39 is 17.2 Å². The first kappa shape index (κ1) is 28.4. The summed E-state index contributed by atoms with van der Waals surface area (Å²) >= 11 is 0. The number of amides is 1. The summed E-state index contributed by atoms with van der Waals surface area (Å²) in [4.78, 5) is 31.6. The van der Waals surface area contributed by atoms with Gasteiger partial charge in [0.2, 0.25) is 5.89 Å². The summed E-state index contributed by atoms with van der Waals surface area (Å²) < 4.78 is 32.4. The fourth-order valence-electron chi connectivity index (χ4n) is 5.12. The summed E-state index contributed by atoms with van der Waals surface area (Å²) in [6.07, 6.45) is 1.34. The number of hydrogen-bond acceptors (Lipinski definition) is 8. The summed E-state index contributed by atoms with van der Waals surface area (Å²) in [5.74, 6) is -2.33. The number of fused-ring (bicyclic) bond motifs is 1. The molecule has 0 bridgehead atoms. The lowest BCUT2D eigenvalue weighted by molar-refractivity contribution is -0.0220. The van der Waals surface area contributed by atoms with Gasteiger partial charge in [-0.1, -0.05) is 38.1 Å². The molecule has 4 heterocycles. The van der Waals surface area contributed by atoms with Crippen LogP contribution in [0.5, 0.6) is 0 Å². The first-order chi connectivity index (χ1) is 20.5. The molecule has 6 rings (SSSR count). The van der Waals surface area contributed by atoms with Gasteiger partial charge in [0.1, 0.15) is 5.82 Å². The first-order valence-corrected chi connectivity index (χ1v) is 14.0. The molecule has 3 N–H and O–H groups in total. The van der Waals surface area contributed by atoms with Gasteiger partial charge in [-0.2, -0.15) is 4.98 Å². The number of carbonyl (C=O) groups is 1. The number of benzene rings is 2. The third-order valence-corrected chi connectivity index (χ3v) is 7.54. The largest absolute Gasteiger partial charge is 0.392 e. The van der Waals surface area contributed by atoms with Crippen molar-refractivity contribution in [2.45, 2.75) is 51.6 Å². The second-order valence-corrected chi connectivity index (χ2v) is 11.6. The van der Waals surface area contributed by atoms with E-state index in [2.05, 4.69) is 30.4 Å². The number of aliphatic hydroxyl groups excluding tert-OH is 1. The molecule has 222 valence electrons. The van der Waals surface area contributed by atoms with Crippen molar-refractivity contribution >= 4 is 28.4 Å². The van der Waals surface area contributed by atoms with E-state index in [0.29, 0.717) is 52.8 Å². The fourth-order valence-corrected chi connectivity index (χ4v) is 5.12. The highest BCUT2D eigenvalue weighted by Crippen LogP contribution is 2.35. The molecule has 0 atom stereocenters. The van der Waals surface area contributed by atoms with Crippen molar-refractivity contribution in [3.63, 3.8) is 0 Å². The van der Waals surface area contributed by atoms with E-state index in [-0.39, 0.29) is 25.3 Å². The smallest absolute Gasteiger partial charge is 0.297 e. The van der Waals surface area contributed by atoms with Crippen molar-refractivity contribution in [2.24, 2.45) is 0 Å². The molecule has 0 spiro atoms. The lowest BCUT2D eigenvalue weighted by Gasteiger charge is -2.33. The molecule has 0 aliphatic carbocycles. The van der Waals surface area contributed by atoms with Gasteiger partial charge in [0.25, 0.3) is 17.7 Å². The lowest BCUT2D eigenvalue weighted by Crippen LogP contribution is -2.39. The fraction of sp³-hybridized carbons (Fsp3) is 0.323. The molecule has 1 amide bonds. The molecule has 2 aromatic carbocycles. The van der Waals surface area contributed by atoms with Crippen molar-refractivity contribution in [2.75, 3.05) is 23.3 Å². The van der Waals surface area contributed by atoms with Crippen molar-refractivity contribution in [1.29, 1.82) is 0 Å². The second-order valence-electron chi connectivity index (χ2n) is 11.6. The molecule has 43 heavy (non-hydrogen) atoms. The van der Waals surface area contributed by atoms with Gasteiger partial charge in [-0.05, 0) is 42.0 Å². The predicted molar refractivity (Wildman–Crippen MR) is 158 cm³/mol. The Bertz CT molecular complexity index is 1780. The predicted octanol–water partition coefficient (Wildman–Crippen LogP) is 5.95. The monoisotopic (exact) mass is 587 g/mol. The molecule has 5 aromatic rings. The Labute approximate surface area is 246 Å². The number of halogens is 2. The Kier molecular flexibility index (Phi) is 7.17. The Balaban J connectivity index is 1.28. The summed E-state index contributed by atoms with van der Waals surface area (Å²) in [5, 5.41) is 17.0. The van der Waals surface area contributed by atoms with Crippen LogP contribution in [-0.2, 0) is 12.0 Å². The van der Waals surface area contributed by atoms with E-state index in [1.807, 2.05) is 62.1 Å². The minimum Gasteiger partial charge on any atom is -0.392 e. The van der Waals surface area contributed by atoms with Crippen LogP contribution in [0.1, 0.15) is 55.7 Å². The topological polar surface area (TPSA) is 133 Å². The number of carbonyl (C=O) groups excluding carboxylic acids is 1. The number of imidazole rings is 1. The lowest BCUT2D eigenvalue weighted by atomic mass is 9.97. The molecule has 10 nitrogen and oxygen atoms in total. The third-order valence-electron chi connectivity index (χ3n) is 7.54. The number of pyridine rings is 1. The summed E-state index contributed by atoms with van der Waals surface area (Å²) in [6.45, 7) is 5.99. The van der Waals surface area contributed by atoms with Gasteiger partial charge in [0.15, 0.2) is 5.65 Å². The quantitative estimate of drug-likeness (QED) is 0.222. The summed E-state index contributed by atoms with van der Waals surface area (Å²) in [6, 6.07) is 14.7. The average molecular weight is 588 g/mol. The maximum atomic E-state index is 13.6. The van der Waals surface area contributed by atoms with Gasteiger partial charge in [-0.3, -0.25) is 4.79 Å². The van der Waals surface area contributed by atoms with Crippen LogP contribution in [0.15, 0.2) is 59.3 Å². The van der Waals surface area contributed by atoms with Crippen LogP contribution in [0.3, 0.4) is 0 Å².